The van der Waals surface area contributed by atoms with Gasteiger partial charge in [-0.2, -0.15) is 5.10 Å². The Hall–Kier alpha value is -1.77. The fourth-order valence-electron chi connectivity index (χ4n) is 1.78. The molecule has 20 heavy (non-hydrogen) atoms. The first-order valence-electron chi connectivity index (χ1n) is 6.24. The number of nitrogens with zero attached hydrogens (tertiary/aromatic N) is 3. The van der Waals surface area contributed by atoms with Gasteiger partial charge in [-0.3, -0.25) is 9.67 Å². The molecule has 0 fully saturated rings. The van der Waals surface area contributed by atoms with E-state index in [1.54, 1.807) is 16.9 Å². The molecule has 0 aliphatic carbocycles. The monoisotopic (exact) mass is 295 g/mol. The van der Waals surface area contributed by atoms with Gasteiger partial charge >= 0.3 is 0 Å². The first-order valence-corrected chi connectivity index (χ1v) is 7.73. The van der Waals surface area contributed by atoms with E-state index in [-0.39, 0.29) is 11.4 Å². The molecule has 0 spiro atoms. The molecule has 2 heterocycles. The molecule has 0 bridgehead atoms. The first-order chi connectivity index (χ1) is 9.63. The molecule has 0 atom stereocenters. The van der Waals surface area contributed by atoms with Crippen LogP contribution in [0.1, 0.15) is 12.1 Å². The number of aryl methyl sites for hydroxylation is 1. The Morgan fingerprint density at radius 3 is 2.85 bits per heavy atom. The summed E-state index contributed by atoms with van der Waals surface area (Å²) in [6.45, 7) is 1.08. The van der Waals surface area contributed by atoms with Gasteiger partial charge in [-0.05, 0) is 24.6 Å². The molecule has 7 nitrogen and oxygen atoms in total. The zero-order chi connectivity index (χ0) is 14.4. The van der Waals surface area contributed by atoms with Gasteiger partial charge in [0.25, 0.3) is 0 Å². The number of nitrogens with one attached hydrogen (secondary N) is 1. The van der Waals surface area contributed by atoms with Crippen molar-refractivity contribution < 1.29 is 8.42 Å². The van der Waals surface area contributed by atoms with Gasteiger partial charge in [0.15, 0.2) is 0 Å². The highest BCUT2D eigenvalue weighted by Gasteiger charge is 2.17. The molecule has 0 aliphatic rings. The third-order valence-corrected chi connectivity index (χ3v) is 4.28. The maximum absolute atomic E-state index is 12.1. The van der Waals surface area contributed by atoms with Gasteiger partial charge in [-0.25, -0.2) is 13.1 Å². The van der Waals surface area contributed by atoms with E-state index in [9.17, 15) is 8.42 Å². The second kappa shape index (κ2) is 6.60. The van der Waals surface area contributed by atoms with Crippen molar-refractivity contribution in [3.8, 4) is 0 Å². The van der Waals surface area contributed by atoms with Crippen molar-refractivity contribution in [3.05, 3.63) is 42.5 Å². The summed E-state index contributed by atoms with van der Waals surface area (Å²) in [4.78, 5) is 4.11. The van der Waals surface area contributed by atoms with Crippen LogP contribution >= 0.6 is 0 Å². The molecule has 0 aromatic carbocycles. The lowest BCUT2D eigenvalue weighted by molar-refractivity contribution is 0.552. The third-order valence-electron chi connectivity index (χ3n) is 2.75. The van der Waals surface area contributed by atoms with E-state index in [1.165, 1.54) is 12.3 Å². The van der Waals surface area contributed by atoms with Crippen molar-refractivity contribution in [1.82, 2.24) is 19.5 Å². The Kier molecular flexibility index (Phi) is 4.83. The normalized spacial score (nSPS) is 11.7. The molecule has 108 valence electrons. The third kappa shape index (κ3) is 3.62. The van der Waals surface area contributed by atoms with Gasteiger partial charge in [0.2, 0.25) is 10.0 Å². The summed E-state index contributed by atoms with van der Waals surface area (Å²) in [5.74, 6) is 0. The van der Waals surface area contributed by atoms with E-state index in [1.807, 2.05) is 12.3 Å². The van der Waals surface area contributed by atoms with Gasteiger partial charge in [0.1, 0.15) is 4.90 Å². The van der Waals surface area contributed by atoms with Gasteiger partial charge in [-0.15, -0.1) is 0 Å². The molecule has 0 saturated carbocycles. The average molecular weight is 295 g/mol. The van der Waals surface area contributed by atoms with Crippen LogP contribution in [0.2, 0.25) is 0 Å². The minimum Gasteiger partial charge on any atom is -0.325 e. The summed E-state index contributed by atoms with van der Waals surface area (Å²) in [6, 6.07) is 4.91. The zero-order valence-electron chi connectivity index (χ0n) is 10.9. The van der Waals surface area contributed by atoms with E-state index >= 15 is 0 Å². The quantitative estimate of drug-likeness (QED) is 0.705. The van der Waals surface area contributed by atoms with Crippen molar-refractivity contribution in [2.45, 2.75) is 24.4 Å². The molecule has 3 N–H and O–H groups in total. The molecule has 0 aliphatic heterocycles. The lowest BCUT2D eigenvalue weighted by Gasteiger charge is -2.09. The topological polar surface area (TPSA) is 103 Å². The van der Waals surface area contributed by atoms with Crippen LogP contribution in [-0.4, -0.2) is 29.7 Å². The number of hydrogen-bond acceptors (Lipinski definition) is 5. The maximum Gasteiger partial charge on any atom is 0.242 e. The summed E-state index contributed by atoms with van der Waals surface area (Å²) < 4.78 is 28.6. The first kappa shape index (κ1) is 14.6. The van der Waals surface area contributed by atoms with E-state index in [2.05, 4.69) is 14.8 Å². The fourth-order valence-corrected chi connectivity index (χ4v) is 3.05. The Labute approximate surface area is 117 Å². The van der Waals surface area contributed by atoms with Crippen LogP contribution < -0.4 is 10.5 Å². The predicted molar refractivity (Wildman–Crippen MR) is 74.2 cm³/mol. The van der Waals surface area contributed by atoms with Crippen LogP contribution in [0, 0.1) is 0 Å². The lowest BCUT2D eigenvalue weighted by Crippen LogP contribution is -2.27. The van der Waals surface area contributed by atoms with E-state index in [0.717, 1.165) is 0 Å². The molecule has 0 unspecified atom stereocenters. The second-order valence-corrected chi connectivity index (χ2v) is 5.91. The Balaban J connectivity index is 1.94. The summed E-state index contributed by atoms with van der Waals surface area (Å²) in [5.41, 5.74) is 5.87. The van der Waals surface area contributed by atoms with Crippen LogP contribution in [0.15, 0.2) is 41.7 Å². The standard InChI is InChI=1S/C12H17N5O2S/c13-10-11-12(4-1-5-14-11)20(18,19)16-7-3-9-17-8-2-6-15-17/h1-2,4-6,8,16H,3,7,9-10,13H2. The smallest absolute Gasteiger partial charge is 0.242 e. The largest absolute Gasteiger partial charge is 0.325 e. The summed E-state index contributed by atoms with van der Waals surface area (Å²) in [6.07, 6.45) is 5.70. The highest BCUT2D eigenvalue weighted by molar-refractivity contribution is 7.89. The minimum atomic E-state index is -3.57. The lowest BCUT2D eigenvalue weighted by atomic mass is 10.3. The molecular weight excluding hydrogens is 278 g/mol. The predicted octanol–water partition coefficient (Wildman–Crippen LogP) is 0.105. The zero-order valence-corrected chi connectivity index (χ0v) is 11.8. The molecule has 0 radical (unpaired) electrons. The molecule has 8 heteroatoms. The van der Waals surface area contributed by atoms with Crippen molar-refractivity contribution in [2.75, 3.05) is 6.54 Å². The summed E-state index contributed by atoms with van der Waals surface area (Å²) >= 11 is 0. The molecule has 2 rings (SSSR count). The van der Waals surface area contributed by atoms with Gasteiger partial charge < -0.3 is 5.73 Å². The Morgan fingerprint density at radius 1 is 1.30 bits per heavy atom. The Morgan fingerprint density at radius 2 is 2.15 bits per heavy atom. The number of rotatable bonds is 7. The number of nitrogens with two attached hydrogens (primary N) is 1. The highest BCUT2D eigenvalue weighted by atomic mass is 32.2. The highest BCUT2D eigenvalue weighted by Crippen LogP contribution is 2.11. The molecule has 0 amide bonds. The summed E-state index contributed by atoms with van der Waals surface area (Å²) in [7, 11) is -3.57. The summed E-state index contributed by atoms with van der Waals surface area (Å²) in [5, 5.41) is 4.05. The SMILES string of the molecule is NCc1ncccc1S(=O)(=O)NCCCn1cccn1. The van der Waals surface area contributed by atoms with Crippen molar-refractivity contribution in [3.63, 3.8) is 0 Å². The Bertz CT molecular complexity index is 640. The maximum atomic E-state index is 12.1. The van der Waals surface area contributed by atoms with E-state index < -0.39 is 10.0 Å². The average Bonchev–Trinajstić information content (AvgIpc) is 2.97. The number of aromatic nitrogens is 3. The number of sulfonamides is 1. The number of hydrogen-bond donors (Lipinski definition) is 2. The molecule has 2 aromatic heterocycles. The minimum absolute atomic E-state index is 0.0877. The van der Waals surface area contributed by atoms with Crippen molar-refractivity contribution in [1.29, 1.82) is 0 Å². The van der Waals surface area contributed by atoms with Crippen LogP contribution in [0.4, 0.5) is 0 Å². The van der Waals surface area contributed by atoms with Crippen LogP contribution in [-0.2, 0) is 23.1 Å². The van der Waals surface area contributed by atoms with Gasteiger partial charge in [0, 0.05) is 38.2 Å². The fraction of sp³-hybridized carbons (Fsp3) is 0.333. The van der Waals surface area contributed by atoms with Gasteiger partial charge in [0.05, 0.1) is 5.69 Å². The van der Waals surface area contributed by atoms with Crippen molar-refractivity contribution >= 4 is 10.0 Å². The van der Waals surface area contributed by atoms with Crippen LogP contribution in [0.5, 0.6) is 0 Å². The van der Waals surface area contributed by atoms with Crippen molar-refractivity contribution in [2.24, 2.45) is 5.73 Å². The molecule has 0 saturated heterocycles. The van der Waals surface area contributed by atoms with E-state index in [0.29, 0.717) is 25.2 Å². The van der Waals surface area contributed by atoms with Gasteiger partial charge in [-0.1, -0.05) is 0 Å². The second-order valence-electron chi connectivity index (χ2n) is 4.17. The van der Waals surface area contributed by atoms with E-state index in [4.69, 9.17) is 5.73 Å². The van der Waals surface area contributed by atoms with Crippen LogP contribution in [0.3, 0.4) is 0 Å². The molecule has 2 aromatic rings. The number of pyridine rings is 1. The van der Waals surface area contributed by atoms with Crippen LogP contribution in [0.25, 0.3) is 0 Å². The molecular formula is C12H17N5O2S.